The van der Waals surface area contributed by atoms with Crippen LogP contribution in [-0.2, 0) is 5.41 Å². The summed E-state index contributed by atoms with van der Waals surface area (Å²) in [5.74, 6) is 1.01. The minimum atomic E-state index is -0.733. The van der Waals surface area contributed by atoms with Crippen molar-refractivity contribution in [2.24, 2.45) is 0 Å². The quantitative estimate of drug-likeness (QED) is 0.280. The van der Waals surface area contributed by atoms with Gasteiger partial charge in [-0.25, -0.2) is 0 Å². The van der Waals surface area contributed by atoms with E-state index in [1.807, 2.05) is 52.0 Å². The van der Waals surface area contributed by atoms with Gasteiger partial charge in [-0.3, -0.25) is 0 Å². The Labute approximate surface area is 212 Å². The van der Waals surface area contributed by atoms with Gasteiger partial charge in [0.05, 0.1) is 24.6 Å². The molecule has 0 atom stereocenters. The molecule has 4 N–H and O–H groups in total. The van der Waals surface area contributed by atoms with Gasteiger partial charge >= 0.3 is 0 Å². The molecule has 6 nitrogen and oxygen atoms in total. The number of ether oxygens (including phenoxy) is 2. The first-order chi connectivity index (χ1) is 16.1. The number of anilines is 2. The van der Waals surface area contributed by atoms with Crippen molar-refractivity contribution in [3.8, 4) is 23.0 Å². The first kappa shape index (κ1) is 28.5. The lowest BCUT2D eigenvalue weighted by molar-refractivity contribution is 0.294. The van der Waals surface area contributed by atoms with E-state index in [9.17, 15) is 10.2 Å². The van der Waals surface area contributed by atoms with Crippen LogP contribution in [0.1, 0.15) is 93.2 Å². The molecule has 0 amide bonds. The highest BCUT2D eigenvalue weighted by atomic mass is 16.5. The van der Waals surface area contributed by atoms with E-state index in [1.54, 1.807) is 0 Å². The first-order valence-electron chi connectivity index (χ1n) is 12.7. The molecule has 2 aromatic carbocycles. The molecule has 0 aliphatic rings. The number of rotatable bonds is 10. The second-order valence-corrected chi connectivity index (χ2v) is 11.7. The van der Waals surface area contributed by atoms with Crippen LogP contribution in [0.25, 0.3) is 0 Å². The molecule has 0 saturated heterocycles. The Balaban J connectivity index is 2.65. The van der Waals surface area contributed by atoms with Crippen molar-refractivity contribution in [1.29, 1.82) is 0 Å². The van der Waals surface area contributed by atoms with Crippen molar-refractivity contribution in [3.05, 3.63) is 35.4 Å². The van der Waals surface area contributed by atoms with Gasteiger partial charge in [-0.2, -0.15) is 0 Å². The molecule has 0 saturated carbocycles. The smallest absolute Gasteiger partial charge is 0.184 e. The molecule has 0 heterocycles. The van der Waals surface area contributed by atoms with Crippen LogP contribution in [-0.4, -0.2) is 34.5 Å². The number of nitrogens with one attached hydrogen (secondary N) is 2. The molecule has 0 aliphatic carbocycles. The lowest BCUT2D eigenvalue weighted by atomic mass is 9.76. The molecule has 6 heteroatoms. The monoisotopic (exact) mass is 486 g/mol. The molecule has 2 aromatic rings. The average molecular weight is 487 g/mol. The van der Waals surface area contributed by atoms with Crippen molar-refractivity contribution < 1.29 is 19.7 Å². The van der Waals surface area contributed by atoms with Crippen molar-refractivity contribution in [2.75, 3.05) is 23.8 Å². The molecular weight excluding hydrogens is 440 g/mol. The van der Waals surface area contributed by atoms with Crippen LogP contribution in [0.15, 0.2) is 24.3 Å². The van der Waals surface area contributed by atoms with Crippen LogP contribution in [0, 0.1) is 0 Å². The molecule has 35 heavy (non-hydrogen) atoms. The normalized spacial score (nSPS) is 12.4. The number of aromatic hydroxyl groups is 2. The zero-order valence-electron chi connectivity index (χ0n) is 23.3. The van der Waals surface area contributed by atoms with Crippen LogP contribution in [0.3, 0.4) is 0 Å². The van der Waals surface area contributed by atoms with Crippen LogP contribution >= 0.6 is 0 Å². The van der Waals surface area contributed by atoms with Crippen LogP contribution in [0.2, 0.25) is 0 Å². The Morgan fingerprint density at radius 3 is 1.26 bits per heavy atom. The Kier molecular flexibility index (Phi) is 8.85. The van der Waals surface area contributed by atoms with Gasteiger partial charge in [0, 0.05) is 27.6 Å². The fourth-order valence-electron chi connectivity index (χ4n) is 4.00. The summed E-state index contributed by atoms with van der Waals surface area (Å²) in [7, 11) is 0. The molecule has 0 aliphatic heterocycles. The van der Waals surface area contributed by atoms with E-state index in [0.717, 1.165) is 24.2 Å². The van der Waals surface area contributed by atoms with Gasteiger partial charge in [-0.1, -0.05) is 39.8 Å². The van der Waals surface area contributed by atoms with E-state index in [-0.39, 0.29) is 22.6 Å². The summed E-state index contributed by atoms with van der Waals surface area (Å²) < 4.78 is 12.0. The second kappa shape index (κ2) is 10.9. The topological polar surface area (TPSA) is 83.0 Å². The van der Waals surface area contributed by atoms with E-state index in [4.69, 9.17) is 9.47 Å². The molecule has 196 valence electrons. The minimum absolute atomic E-state index is 0.0741. The van der Waals surface area contributed by atoms with Gasteiger partial charge in [0.2, 0.25) is 0 Å². The summed E-state index contributed by atoms with van der Waals surface area (Å²) in [6, 6.07) is 7.67. The Morgan fingerprint density at radius 2 is 0.971 bits per heavy atom. The number of phenols is 2. The third-order valence-corrected chi connectivity index (χ3v) is 5.53. The van der Waals surface area contributed by atoms with Gasteiger partial charge in [0.25, 0.3) is 0 Å². The molecule has 2 rings (SSSR count). The molecule has 0 unspecified atom stereocenters. The number of phenolic OH excluding ortho intramolecular Hbond substituents is 2. The molecule has 0 bridgehead atoms. The second-order valence-electron chi connectivity index (χ2n) is 11.7. The fraction of sp³-hybridized carbons (Fsp3) is 0.586. The predicted octanol–water partition coefficient (Wildman–Crippen LogP) is 7.42. The van der Waals surface area contributed by atoms with Gasteiger partial charge in [0.1, 0.15) is 0 Å². The van der Waals surface area contributed by atoms with E-state index in [1.165, 1.54) is 0 Å². The lowest BCUT2D eigenvalue weighted by Crippen LogP contribution is -2.27. The fourth-order valence-corrected chi connectivity index (χ4v) is 4.00. The van der Waals surface area contributed by atoms with Gasteiger partial charge in [-0.05, 0) is 66.5 Å². The summed E-state index contributed by atoms with van der Waals surface area (Å²) in [5, 5.41) is 29.7. The maximum absolute atomic E-state index is 11.4. The molecule has 0 aromatic heterocycles. The van der Waals surface area contributed by atoms with E-state index >= 15 is 0 Å². The molecule has 0 fully saturated rings. The summed E-state index contributed by atoms with van der Waals surface area (Å²) in [5.41, 5.74) is 1.67. The zero-order chi connectivity index (χ0) is 26.6. The molecule has 0 spiro atoms. The largest absolute Gasteiger partial charge is 0.504 e. The van der Waals surface area contributed by atoms with Gasteiger partial charge in [0.15, 0.2) is 23.0 Å². The van der Waals surface area contributed by atoms with Crippen LogP contribution < -0.4 is 20.1 Å². The van der Waals surface area contributed by atoms with Crippen molar-refractivity contribution in [3.63, 3.8) is 0 Å². The van der Waals surface area contributed by atoms with Crippen LogP contribution in [0.4, 0.5) is 11.4 Å². The summed E-state index contributed by atoms with van der Waals surface area (Å²) in [4.78, 5) is 0. The summed E-state index contributed by atoms with van der Waals surface area (Å²) in [6.07, 6.45) is 1.65. The summed E-state index contributed by atoms with van der Waals surface area (Å²) >= 11 is 0. The van der Waals surface area contributed by atoms with Gasteiger partial charge in [-0.15, -0.1) is 0 Å². The Hall–Kier alpha value is -2.76. The zero-order valence-corrected chi connectivity index (χ0v) is 23.3. The first-order valence-corrected chi connectivity index (χ1v) is 12.7. The Bertz CT molecular complexity index is 922. The van der Waals surface area contributed by atoms with Crippen molar-refractivity contribution >= 4 is 11.4 Å². The SMILES string of the molecule is CCCOc1c(NC(C)(C)C)ccc(C(C)(C)c2ccc(NC(C)(C)C)c(OCCC)c2O)c1O. The van der Waals surface area contributed by atoms with E-state index < -0.39 is 5.41 Å². The highest BCUT2D eigenvalue weighted by Gasteiger charge is 2.34. The van der Waals surface area contributed by atoms with E-state index in [0.29, 0.717) is 35.8 Å². The molecular formula is C29H46N2O4. The maximum Gasteiger partial charge on any atom is 0.184 e. The molecule has 0 radical (unpaired) electrons. The van der Waals surface area contributed by atoms with Crippen LogP contribution in [0.5, 0.6) is 23.0 Å². The standard InChI is InChI=1S/C29H46N2O4/c1-11-17-34-25-21(30-27(3,4)5)15-13-19(23(25)32)29(9,10)20-14-16-22(31-28(6,7)8)26(24(20)33)35-18-12-2/h13-16,30-33H,11-12,17-18H2,1-10H3. The third-order valence-electron chi connectivity index (χ3n) is 5.53. The number of benzene rings is 2. The lowest BCUT2D eigenvalue weighted by Gasteiger charge is -2.32. The third kappa shape index (κ3) is 7.12. The predicted molar refractivity (Wildman–Crippen MR) is 147 cm³/mol. The number of hydrogen-bond donors (Lipinski definition) is 4. The Morgan fingerprint density at radius 1 is 0.629 bits per heavy atom. The minimum Gasteiger partial charge on any atom is -0.504 e. The highest BCUT2D eigenvalue weighted by Crippen LogP contribution is 2.50. The average Bonchev–Trinajstić information content (AvgIpc) is 2.70. The van der Waals surface area contributed by atoms with Gasteiger partial charge < -0.3 is 30.3 Å². The summed E-state index contributed by atoms with van der Waals surface area (Å²) in [6.45, 7) is 21.4. The van der Waals surface area contributed by atoms with Crippen molar-refractivity contribution in [1.82, 2.24) is 0 Å². The maximum atomic E-state index is 11.4. The van der Waals surface area contributed by atoms with E-state index in [2.05, 4.69) is 52.2 Å². The van der Waals surface area contributed by atoms with Crippen molar-refractivity contribution in [2.45, 2.75) is 98.6 Å². The highest BCUT2D eigenvalue weighted by molar-refractivity contribution is 5.71. The number of hydrogen-bond acceptors (Lipinski definition) is 6.